The number of hydrogen-bond donors (Lipinski definition) is 10. The minimum absolute atomic E-state index is 0.181. The van der Waals surface area contributed by atoms with E-state index in [0.717, 1.165) is 36.8 Å². The number of amides is 4. The molecule has 16 nitrogen and oxygen atoms in total. The first kappa shape index (κ1) is 44.6. The van der Waals surface area contributed by atoms with Crippen molar-refractivity contribution in [3.8, 4) is 0 Å². The Hall–Kier alpha value is -5.16. The zero-order valence-corrected chi connectivity index (χ0v) is 33.0. The highest BCUT2D eigenvalue weighted by atomic mass is 16.6. The summed E-state index contributed by atoms with van der Waals surface area (Å²) in [6.45, 7) is 1.50. The SMILES string of the molecule is N=C(N)NCCCC(NC(=O)C1(C(=O)NCCc2ccccc2)CCCC1)OBOC(CCCNC(=N)N)NC(=O)C1(C(=O)NCCc2ccccc2)CCCC1. The normalized spacial score (nSPS) is 16.4. The van der Waals surface area contributed by atoms with Gasteiger partial charge in [-0.25, -0.2) is 0 Å². The molecule has 0 aliphatic heterocycles. The standard InChI is InChI=1S/C40H61BN10O6/c42-37(43)48-25-11-17-31(50-35(54)39(21-7-8-22-39)33(52)46-27-19-29-13-3-1-4-14-29)56-41-57-32(18-12-26-49-38(44)45)51-36(55)40(23-9-10-24-40)34(53)47-28-20-30-15-5-2-6-16-30/h1-6,13-16,31-32,41H,7-12,17-28H2,(H,46,52)(H,47,53)(H,50,54)(H,51,55)(H4,42,43,48)(H4,44,45,49). The van der Waals surface area contributed by atoms with Gasteiger partial charge in [-0.1, -0.05) is 86.3 Å². The Morgan fingerprint density at radius 1 is 0.579 bits per heavy atom. The maximum atomic E-state index is 14.0. The largest absolute Gasteiger partial charge is 0.441 e. The highest BCUT2D eigenvalue weighted by Gasteiger charge is 2.49. The summed E-state index contributed by atoms with van der Waals surface area (Å²) in [6.07, 6.45) is 5.71. The first-order valence-corrected chi connectivity index (χ1v) is 20.2. The second kappa shape index (κ2) is 23.2. The molecule has 2 aliphatic rings. The van der Waals surface area contributed by atoms with Crippen LogP contribution in [0.1, 0.15) is 88.2 Å². The van der Waals surface area contributed by atoms with Crippen molar-refractivity contribution >= 4 is 43.2 Å². The van der Waals surface area contributed by atoms with Crippen LogP contribution in [0.5, 0.6) is 0 Å². The molecule has 57 heavy (non-hydrogen) atoms. The molecule has 2 aliphatic carbocycles. The monoisotopic (exact) mass is 788 g/mol. The van der Waals surface area contributed by atoms with Crippen molar-refractivity contribution in [2.45, 2.75) is 102 Å². The smallest absolute Gasteiger partial charge is 0.393 e. The van der Waals surface area contributed by atoms with Gasteiger partial charge in [0, 0.05) is 26.2 Å². The Morgan fingerprint density at radius 2 is 0.947 bits per heavy atom. The van der Waals surface area contributed by atoms with Crippen LogP contribution < -0.4 is 43.4 Å². The average molecular weight is 789 g/mol. The van der Waals surface area contributed by atoms with Crippen LogP contribution in [0.3, 0.4) is 0 Å². The topological polar surface area (TPSA) is 259 Å². The summed E-state index contributed by atoms with van der Waals surface area (Å²) in [7, 11) is -0.331. The molecule has 0 aromatic heterocycles. The third-order valence-corrected chi connectivity index (χ3v) is 10.8. The van der Waals surface area contributed by atoms with Gasteiger partial charge in [-0.2, -0.15) is 0 Å². The van der Waals surface area contributed by atoms with Gasteiger partial charge in [0.1, 0.15) is 23.3 Å². The third-order valence-electron chi connectivity index (χ3n) is 10.8. The molecule has 0 spiro atoms. The molecule has 4 amide bonds. The van der Waals surface area contributed by atoms with Crippen LogP contribution in [0.2, 0.25) is 0 Å². The number of benzene rings is 2. The second-order valence-corrected chi connectivity index (χ2v) is 14.9. The Labute approximate surface area is 336 Å². The first-order chi connectivity index (χ1) is 27.5. The minimum Gasteiger partial charge on any atom is -0.393 e. The van der Waals surface area contributed by atoms with E-state index in [1.807, 2.05) is 60.7 Å². The average Bonchev–Trinajstić information content (AvgIpc) is 3.91. The lowest BCUT2D eigenvalue weighted by atomic mass is 9.83. The van der Waals surface area contributed by atoms with E-state index in [-0.39, 0.29) is 31.4 Å². The summed E-state index contributed by atoms with van der Waals surface area (Å²) in [5, 5.41) is 32.3. The Balaban J connectivity index is 1.40. The van der Waals surface area contributed by atoms with Gasteiger partial charge in [-0.15, -0.1) is 0 Å². The van der Waals surface area contributed by atoms with Crippen molar-refractivity contribution < 1.29 is 28.5 Å². The Bertz CT molecular complexity index is 1490. The fourth-order valence-corrected chi connectivity index (χ4v) is 7.53. The van der Waals surface area contributed by atoms with Crippen LogP contribution in [0, 0.1) is 21.6 Å². The molecule has 0 bridgehead atoms. The van der Waals surface area contributed by atoms with E-state index < -0.39 is 35.1 Å². The molecule has 12 N–H and O–H groups in total. The van der Waals surface area contributed by atoms with Crippen LogP contribution in [0.25, 0.3) is 0 Å². The van der Waals surface area contributed by atoms with Crippen LogP contribution in [-0.2, 0) is 41.3 Å². The molecule has 2 aromatic rings. The molecule has 310 valence electrons. The van der Waals surface area contributed by atoms with E-state index in [1.165, 1.54) is 0 Å². The molecule has 0 saturated heterocycles. The maximum Gasteiger partial charge on any atom is 0.441 e. The van der Waals surface area contributed by atoms with E-state index >= 15 is 0 Å². The van der Waals surface area contributed by atoms with E-state index in [0.29, 0.717) is 90.4 Å². The van der Waals surface area contributed by atoms with Gasteiger partial charge in [0.15, 0.2) is 11.9 Å². The van der Waals surface area contributed by atoms with E-state index in [9.17, 15) is 19.2 Å². The van der Waals surface area contributed by atoms with Crippen molar-refractivity contribution in [3.63, 3.8) is 0 Å². The number of hydrogen-bond acceptors (Lipinski definition) is 8. The van der Waals surface area contributed by atoms with Crippen LogP contribution in [-0.4, -0.2) is 81.9 Å². The van der Waals surface area contributed by atoms with Gasteiger partial charge >= 0.3 is 7.69 Å². The van der Waals surface area contributed by atoms with Crippen LogP contribution in [0.15, 0.2) is 60.7 Å². The number of carbonyl (C=O) groups is 4. The molecule has 2 unspecified atom stereocenters. The van der Waals surface area contributed by atoms with Crippen molar-refractivity contribution in [1.82, 2.24) is 31.9 Å². The molecule has 2 aromatic carbocycles. The Kier molecular flexibility index (Phi) is 18.1. The van der Waals surface area contributed by atoms with Crippen LogP contribution >= 0.6 is 0 Å². The molecule has 2 fully saturated rings. The lowest BCUT2D eigenvalue weighted by Crippen LogP contribution is -2.54. The highest BCUT2D eigenvalue weighted by molar-refractivity contribution is 6.18. The maximum absolute atomic E-state index is 14.0. The molecule has 2 atom stereocenters. The molecule has 2 saturated carbocycles. The number of carbonyl (C=O) groups excluding carboxylic acids is 4. The van der Waals surface area contributed by atoms with Gasteiger partial charge in [-0.3, -0.25) is 30.0 Å². The summed E-state index contributed by atoms with van der Waals surface area (Å²) in [6, 6.07) is 19.6. The van der Waals surface area contributed by atoms with Gasteiger partial charge in [0.25, 0.3) is 0 Å². The molecule has 0 radical (unpaired) electrons. The highest BCUT2D eigenvalue weighted by Crippen LogP contribution is 2.40. The lowest BCUT2D eigenvalue weighted by molar-refractivity contribution is -0.146. The minimum atomic E-state index is -1.24. The number of rotatable bonds is 24. The van der Waals surface area contributed by atoms with E-state index in [1.54, 1.807) is 0 Å². The predicted octanol–water partition coefficient (Wildman–Crippen LogP) is 1.54. The predicted molar refractivity (Wildman–Crippen MR) is 220 cm³/mol. The second-order valence-electron chi connectivity index (χ2n) is 14.9. The van der Waals surface area contributed by atoms with Crippen molar-refractivity contribution in [3.05, 3.63) is 71.8 Å². The summed E-state index contributed by atoms with van der Waals surface area (Å²) in [5.41, 5.74) is 10.6. The fraction of sp³-hybridized carbons (Fsp3) is 0.550. The van der Waals surface area contributed by atoms with Gasteiger partial charge in [0.2, 0.25) is 23.6 Å². The molecule has 17 heteroatoms. The van der Waals surface area contributed by atoms with Gasteiger partial charge in [-0.05, 0) is 75.3 Å². The quantitative estimate of drug-likeness (QED) is 0.0183. The number of guanidine groups is 2. The summed E-state index contributed by atoms with van der Waals surface area (Å²) >= 11 is 0. The lowest BCUT2D eigenvalue weighted by Gasteiger charge is -2.31. The number of nitrogens with one attached hydrogen (secondary N) is 8. The third kappa shape index (κ3) is 14.1. The zero-order chi connectivity index (χ0) is 40.9. The first-order valence-electron chi connectivity index (χ1n) is 20.2. The summed E-state index contributed by atoms with van der Waals surface area (Å²) in [4.78, 5) is 55.2. The van der Waals surface area contributed by atoms with Crippen molar-refractivity contribution in [2.24, 2.45) is 22.3 Å². The number of nitrogens with two attached hydrogens (primary N) is 2. The van der Waals surface area contributed by atoms with Gasteiger partial charge < -0.3 is 52.7 Å². The van der Waals surface area contributed by atoms with Crippen molar-refractivity contribution in [2.75, 3.05) is 26.2 Å². The van der Waals surface area contributed by atoms with Crippen LogP contribution in [0.4, 0.5) is 0 Å². The van der Waals surface area contributed by atoms with Gasteiger partial charge in [0.05, 0.1) is 0 Å². The summed E-state index contributed by atoms with van der Waals surface area (Å²) in [5.74, 6) is -1.84. The molecule has 4 rings (SSSR count). The fourth-order valence-electron chi connectivity index (χ4n) is 7.53. The van der Waals surface area contributed by atoms with E-state index in [2.05, 4.69) is 31.9 Å². The van der Waals surface area contributed by atoms with Crippen molar-refractivity contribution in [1.29, 1.82) is 10.8 Å². The molecular formula is C40H61BN10O6. The molecule has 0 heterocycles. The zero-order valence-electron chi connectivity index (χ0n) is 33.0. The summed E-state index contributed by atoms with van der Waals surface area (Å²) < 4.78 is 12.2. The molecular weight excluding hydrogens is 727 g/mol. The Morgan fingerprint density at radius 3 is 1.30 bits per heavy atom. The van der Waals surface area contributed by atoms with E-state index in [4.69, 9.17) is 31.6 Å².